The van der Waals surface area contributed by atoms with Gasteiger partial charge in [0.2, 0.25) is 0 Å². The fourth-order valence-electron chi connectivity index (χ4n) is 10.6. The van der Waals surface area contributed by atoms with Gasteiger partial charge in [-0.2, -0.15) is 0 Å². The monoisotopic (exact) mass is 848 g/mol. The van der Waals surface area contributed by atoms with Crippen LogP contribution in [0.1, 0.15) is 18.2 Å². The number of furan rings is 1. The molecule has 3 heterocycles. The Morgan fingerprint density at radius 1 is 0.431 bits per heavy atom. The second-order valence-corrected chi connectivity index (χ2v) is 20.6. The maximum Gasteiger partial charge on any atom is 0.179 e. The van der Waals surface area contributed by atoms with E-state index in [0.29, 0.717) is 0 Å². The van der Waals surface area contributed by atoms with Gasteiger partial charge in [0, 0.05) is 43.9 Å². The number of benzene rings is 9. The van der Waals surface area contributed by atoms with E-state index in [9.17, 15) is 0 Å². The zero-order valence-electron chi connectivity index (χ0n) is 36.0. The smallest absolute Gasteiger partial charge is 0.179 e. The van der Waals surface area contributed by atoms with Crippen LogP contribution in [0.3, 0.4) is 0 Å². The van der Waals surface area contributed by atoms with Crippen molar-refractivity contribution in [2.75, 3.05) is 0 Å². The Labute approximate surface area is 379 Å². The van der Waals surface area contributed by atoms with E-state index in [1.54, 1.807) is 0 Å². The molecule has 9 aromatic carbocycles. The third-order valence-corrected chi connectivity index (χ3v) is 18.2. The number of hydrogen-bond acceptors (Lipinski definition) is 1. The summed E-state index contributed by atoms with van der Waals surface area (Å²) in [5.41, 5.74) is 12.2. The first kappa shape index (κ1) is 38.5. The van der Waals surface area contributed by atoms with Crippen molar-refractivity contribution in [1.82, 2.24) is 9.13 Å². The van der Waals surface area contributed by atoms with Crippen molar-refractivity contribution in [1.29, 1.82) is 0 Å². The summed E-state index contributed by atoms with van der Waals surface area (Å²) in [5.74, 6) is 0. The fourth-order valence-corrected chi connectivity index (χ4v) is 15.3. The molecule has 0 aliphatic heterocycles. The Hall–Kier alpha value is -8.18. The molecule has 12 rings (SSSR count). The quantitative estimate of drug-likeness (QED) is 0.105. The molecule has 0 spiro atoms. The summed E-state index contributed by atoms with van der Waals surface area (Å²) >= 11 is 0. The van der Waals surface area contributed by atoms with Crippen molar-refractivity contribution in [2.24, 2.45) is 0 Å². The minimum absolute atomic E-state index is 0.909. The van der Waals surface area contributed by atoms with E-state index in [2.05, 4.69) is 247 Å². The molecule has 0 saturated heterocycles. The van der Waals surface area contributed by atoms with Gasteiger partial charge in [0.25, 0.3) is 0 Å². The molecule has 308 valence electrons. The van der Waals surface area contributed by atoms with E-state index in [1.165, 1.54) is 53.5 Å². The van der Waals surface area contributed by atoms with Crippen molar-refractivity contribution in [3.8, 4) is 22.5 Å². The Balaban J connectivity index is 1.02. The van der Waals surface area contributed by atoms with E-state index in [-0.39, 0.29) is 0 Å². The summed E-state index contributed by atoms with van der Waals surface area (Å²) in [7, 11) is -2.85. The van der Waals surface area contributed by atoms with Gasteiger partial charge in [0.15, 0.2) is 8.07 Å². The standard InChI is InChI=1S/C61H44N2OSi/c1-3-18-54-50(4-2)53-41-43(31-38-56(53)62(54)44-19-8-5-9-20-44)42-29-34-48(35-30-42)65(46-21-10-6-11-22-46,47-23-12-7-13-24-47)49-36-32-45(33-37-49)63-55-27-16-14-25-51(55)60-57(63)39-40-59-61(60)52-26-15-17-28-58(52)64-59/h3-41H,2H2,1H3/b18-3-. The molecule has 3 nitrogen and oxygen atoms in total. The Bertz CT molecular complexity index is 3720. The topological polar surface area (TPSA) is 23.0 Å². The average molecular weight is 849 g/mol. The summed E-state index contributed by atoms with van der Waals surface area (Å²) < 4.78 is 11.1. The van der Waals surface area contributed by atoms with Gasteiger partial charge >= 0.3 is 0 Å². The number of rotatable bonds is 9. The highest BCUT2D eigenvalue weighted by Gasteiger charge is 2.41. The Morgan fingerprint density at radius 3 is 1.65 bits per heavy atom. The molecule has 0 N–H and O–H groups in total. The molecular formula is C61H44N2OSi. The maximum atomic E-state index is 6.38. The van der Waals surface area contributed by atoms with E-state index < -0.39 is 8.07 Å². The summed E-state index contributed by atoms with van der Waals surface area (Å²) in [6.45, 7) is 6.35. The van der Waals surface area contributed by atoms with Gasteiger partial charge in [0.1, 0.15) is 11.2 Å². The molecular weight excluding hydrogens is 805 g/mol. The van der Waals surface area contributed by atoms with Gasteiger partial charge in [-0.15, -0.1) is 0 Å². The first-order chi connectivity index (χ1) is 32.2. The van der Waals surface area contributed by atoms with E-state index in [1.807, 2.05) is 12.1 Å². The van der Waals surface area contributed by atoms with Crippen molar-refractivity contribution >= 4 is 95.6 Å². The fraction of sp³-hybridized carbons (Fsp3) is 0.0164. The number of para-hydroxylation sites is 3. The van der Waals surface area contributed by atoms with Gasteiger partial charge < -0.3 is 13.6 Å². The van der Waals surface area contributed by atoms with Crippen LogP contribution in [-0.4, -0.2) is 17.2 Å². The molecule has 0 atom stereocenters. The van der Waals surface area contributed by atoms with Crippen molar-refractivity contribution in [2.45, 2.75) is 6.92 Å². The van der Waals surface area contributed by atoms with Gasteiger partial charge in [-0.1, -0.05) is 176 Å². The number of allylic oxidation sites excluding steroid dienone is 1. The molecule has 0 aliphatic rings. The Morgan fingerprint density at radius 2 is 0.969 bits per heavy atom. The van der Waals surface area contributed by atoms with Crippen LogP contribution >= 0.6 is 0 Å². The Kier molecular flexibility index (Phi) is 9.21. The SMILES string of the molecule is C=Cc1c(/C=C\C)n(-c2ccccc2)c2ccc(-c3ccc([Si](c4ccccc4)(c4ccccc4)c4ccc(-n5c6ccccc6c6c7c(ccc65)oc5ccccc57)cc4)cc3)cc12. The molecule has 0 amide bonds. The maximum absolute atomic E-state index is 6.38. The zero-order valence-corrected chi connectivity index (χ0v) is 37.0. The van der Waals surface area contributed by atoms with Crippen LogP contribution in [0, 0.1) is 0 Å². The lowest BCUT2D eigenvalue weighted by atomic mass is 10.0. The van der Waals surface area contributed by atoms with Crippen molar-refractivity contribution in [3.63, 3.8) is 0 Å². The van der Waals surface area contributed by atoms with Crippen molar-refractivity contribution in [3.05, 3.63) is 242 Å². The average Bonchev–Trinajstić information content (AvgIpc) is 4.02. The lowest BCUT2D eigenvalue weighted by molar-refractivity contribution is 0.669. The lowest BCUT2D eigenvalue weighted by Gasteiger charge is -2.34. The van der Waals surface area contributed by atoms with E-state index in [0.717, 1.165) is 55.6 Å². The van der Waals surface area contributed by atoms with Crippen LogP contribution < -0.4 is 20.7 Å². The van der Waals surface area contributed by atoms with Gasteiger partial charge in [-0.25, -0.2) is 0 Å². The highest BCUT2D eigenvalue weighted by atomic mass is 28.3. The second-order valence-electron chi connectivity index (χ2n) is 16.8. The third kappa shape index (κ3) is 5.95. The number of hydrogen-bond donors (Lipinski definition) is 0. The lowest BCUT2D eigenvalue weighted by Crippen LogP contribution is -2.74. The molecule has 3 aromatic heterocycles. The molecule has 0 unspecified atom stereocenters. The first-order valence-electron chi connectivity index (χ1n) is 22.3. The normalized spacial score (nSPS) is 12.1. The second kappa shape index (κ2) is 15.6. The number of nitrogens with zero attached hydrogens (tertiary/aromatic N) is 2. The highest BCUT2D eigenvalue weighted by molar-refractivity contribution is 7.19. The van der Waals surface area contributed by atoms with Crippen LogP contribution in [0.15, 0.2) is 235 Å². The highest BCUT2D eigenvalue weighted by Crippen LogP contribution is 2.41. The zero-order chi connectivity index (χ0) is 43.5. The van der Waals surface area contributed by atoms with Crippen LogP contribution in [0.2, 0.25) is 0 Å². The molecule has 65 heavy (non-hydrogen) atoms. The predicted octanol–water partition coefficient (Wildman–Crippen LogP) is 13.3. The van der Waals surface area contributed by atoms with E-state index in [4.69, 9.17) is 4.42 Å². The molecule has 4 heteroatoms. The van der Waals surface area contributed by atoms with Crippen molar-refractivity contribution < 1.29 is 4.42 Å². The summed E-state index contributed by atoms with van der Waals surface area (Å²) in [6.07, 6.45) is 6.29. The van der Waals surface area contributed by atoms with Gasteiger partial charge in [0.05, 0.1) is 22.2 Å². The molecule has 0 radical (unpaired) electrons. The van der Waals surface area contributed by atoms with Gasteiger partial charge in [-0.3, -0.25) is 0 Å². The molecule has 0 saturated carbocycles. The largest absolute Gasteiger partial charge is 0.456 e. The summed E-state index contributed by atoms with van der Waals surface area (Å²) in [4.78, 5) is 0. The minimum Gasteiger partial charge on any atom is -0.456 e. The van der Waals surface area contributed by atoms with Crippen LogP contribution in [0.5, 0.6) is 0 Å². The van der Waals surface area contributed by atoms with Crippen LogP contribution in [0.4, 0.5) is 0 Å². The molecule has 0 bridgehead atoms. The summed E-state index contributed by atoms with van der Waals surface area (Å²) in [6, 6.07) is 80.2. The molecule has 0 aliphatic carbocycles. The minimum atomic E-state index is -2.85. The molecule has 0 fully saturated rings. The predicted molar refractivity (Wildman–Crippen MR) is 279 cm³/mol. The molecule has 12 aromatic rings. The van der Waals surface area contributed by atoms with Crippen LogP contribution in [-0.2, 0) is 0 Å². The third-order valence-electron chi connectivity index (χ3n) is 13.4. The van der Waals surface area contributed by atoms with E-state index >= 15 is 0 Å². The van der Waals surface area contributed by atoms with Gasteiger partial charge in [-0.05, 0) is 106 Å². The number of aromatic nitrogens is 2. The van der Waals surface area contributed by atoms with Crippen LogP contribution in [0.25, 0.3) is 89.3 Å². The first-order valence-corrected chi connectivity index (χ1v) is 24.3. The number of fused-ring (bicyclic) bond motifs is 8. The summed E-state index contributed by atoms with van der Waals surface area (Å²) in [5, 5.41) is 11.3.